The van der Waals surface area contributed by atoms with E-state index >= 15 is 0 Å². The van der Waals surface area contributed by atoms with E-state index in [0.29, 0.717) is 11.1 Å². The lowest BCUT2D eigenvalue weighted by Gasteiger charge is -2.41. The Kier molecular flexibility index (Phi) is 4.77. The third kappa shape index (κ3) is 2.76. The molecule has 0 aliphatic carbocycles. The number of carbonyl (C=O) groups excluding carboxylic acids is 2. The molecule has 7 heteroatoms. The number of ether oxygens (including phenoxy) is 2. The highest BCUT2D eigenvalue weighted by molar-refractivity contribution is 6.21. The summed E-state index contributed by atoms with van der Waals surface area (Å²) in [6, 6.07) is 5.77. The Hall–Kier alpha value is -2.06. The number of carbonyl (C=O) groups is 2. The molecule has 128 valence electrons. The molecule has 2 heterocycles. The molecule has 0 unspecified atom stereocenters. The zero-order chi connectivity index (χ0) is 17.3. The van der Waals surface area contributed by atoms with Crippen molar-refractivity contribution in [1.82, 2.24) is 4.90 Å². The number of imide groups is 1. The minimum absolute atomic E-state index is 0.0680. The minimum atomic E-state index is -1.01. The van der Waals surface area contributed by atoms with Crippen LogP contribution in [0.5, 0.6) is 0 Å². The van der Waals surface area contributed by atoms with Gasteiger partial charge in [0.05, 0.1) is 36.5 Å². The summed E-state index contributed by atoms with van der Waals surface area (Å²) in [6.45, 7) is 3.32. The normalized spacial score (nSPS) is 29.7. The van der Waals surface area contributed by atoms with Gasteiger partial charge in [-0.05, 0) is 12.1 Å². The molecule has 1 fully saturated rings. The second-order valence-corrected chi connectivity index (χ2v) is 5.74. The maximum Gasteiger partial charge on any atom is 0.261 e. The van der Waals surface area contributed by atoms with Gasteiger partial charge in [0.2, 0.25) is 0 Å². The fourth-order valence-corrected chi connectivity index (χ4v) is 3.08. The van der Waals surface area contributed by atoms with Crippen molar-refractivity contribution in [2.75, 3.05) is 13.2 Å². The molecule has 1 aromatic rings. The Morgan fingerprint density at radius 2 is 1.92 bits per heavy atom. The molecule has 1 saturated heterocycles. The van der Waals surface area contributed by atoms with E-state index < -0.39 is 36.4 Å². The van der Waals surface area contributed by atoms with Crippen LogP contribution in [0, 0.1) is 0 Å². The molecular formula is C17H19NO6. The molecule has 2 N–H and O–H groups in total. The second kappa shape index (κ2) is 6.82. The first-order valence-electron chi connectivity index (χ1n) is 7.72. The van der Waals surface area contributed by atoms with Crippen LogP contribution in [0.3, 0.4) is 0 Å². The first kappa shape index (κ1) is 16.8. The topological polar surface area (TPSA) is 96.3 Å². The standard InChI is InChI=1S/C17H19NO6/c1-2-7-23-17-12(8-13(20)14(9-19)24-17)18-15(21)10-5-3-4-6-11(10)16(18)22/h2-6,12-14,17,19-20H,1,7-9H2/t12-,13-,14-,17-/m1/s1. The number of fused-ring (bicyclic) bond motifs is 1. The lowest BCUT2D eigenvalue weighted by Crippen LogP contribution is -2.57. The first-order valence-corrected chi connectivity index (χ1v) is 7.72. The fourth-order valence-electron chi connectivity index (χ4n) is 3.08. The van der Waals surface area contributed by atoms with E-state index in [2.05, 4.69) is 6.58 Å². The molecule has 1 aromatic carbocycles. The zero-order valence-corrected chi connectivity index (χ0v) is 13.0. The lowest BCUT2D eigenvalue weighted by atomic mass is 9.99. The van der Waals surface area contributed by atoms with Gasteiger partial charge in [0.15, 0.2) is 6.29 Å². The third-order valence-electron chi connectivity index (χ3n) is 4.25. The van der Waals surface area contributed by atoms with Gasteiger partial charge in [-0.3, -0.25) is 14.5 Å². The average Bonchev–Trinajstić information content (AvgIpc) is 2.85. The van der Waals surface area contributed by atoms with Gasteiger partial charge in [-0.15, -0.1) is 6.58 Å². The summed E-state index contributed by atoms with van der Waals surface area (Å²) in [5.41, 5.74) is 0.646. The molecule has 24 heavy (non-hydrogen) atoms. The van der Waals surface area contributed by atoms with E-state index in [9.17, 15) is 19.8 Å². The highest BCUT2D eigenvalue weighted by atomic mass is 16.7. The molecule has 0 aromatic heterocycles. The number of hydrogen-bond acceptors (Lipinski definition) is 6. The van der Waals surface area contributed by atoms with Crippen molar-refractivity contribution in [1.29, 1.82) is 0 Å². The van der Waals surface area contributed by atoms with Crippen molar-refractivity contribution in [2.24, 2.45) is 0 Å². The molecule has 2 amide bonds. The molecule has 0 radical (unpaired) electrons. The Bertz CT molecular complexity index is 625. The van der Waals surface area contributed by atoms with E-state index in [-0.39, 0.29) is 19.6 Å². The number of nitrogens with zero attached hydrogens (tertiary/aromatic N) is 1. The number of aliphatic hydroxyl groups excluding tert-OH is 2. The van der Waals surface area contributed by atoms with E-state index in [1.165, 1.54) is 6.08 Å². The Balaban J connectivity index is 1.89. The van der Waals surface area contributed by atoms with Crippen molar-refractivity contribution >= 4 is 11.8 Å². The minimum Gasteiger partial charge on any atom is -0.394 e. The smallest absolute Gasteiger partial charge is 0.261 e. The van der Waals surface area contributed by atoms with Crippen LogP contribution in [-0.4, -0.2) is 64.7 Å². The Labute approximate surface area is 139 Å². The summed E-state index contributed by atoms with van der Waals surface area (Å²) >= 11 is 0. The summed E-state index contributed by atoms with van der Waals surface area (Å²) in [7, 11) is 0. The molecule has 0 spiro atoms. The van der Waals surface area contributed by atoms with Gasteiger partial charge < -0.3 is 19.7 Å². The number of aliphatic hydroxyl groups is 2. The summed E-state index contributed by atoms with van der Waals surface area (Å²) in [6.07, 6.45) is -1.19. The van der Waals surface area contributed by atoms with Gasteiger partial charge >= 0.3 is 0 Å². The predicted molar refractivity (Wildman–Crippen MR) is 83.2 cm³/mol. The average molecular weight is 333 g/mol. The summed E-state index contributed by atoms with van der Waals surface area (Å²) < 4.78 is 11.1. The Morgan fingerprint density at radius 1 is 1.29 bits per heavy atom. The SMILES string of the molecule is C=CCO[C@@H]1O[C@H](CO)[C@H](O)C[C@H]1N1C(=O)c2ccccc2C1=O. The van der Waals surface area contributed by atoms with E-state index in [0.717, 1.165) is 4.90 Å². The van der Waals surface area contributed by atoms with Crippen LogP contribution in [0.4, 0.5) is 0 Å². The van der Waals surface area contributed by atoms with Crippen molar-refractivity contribution in [3.63, 3.8) is 0 Å². The van der Waals surface area contributed by atoms with Gasteiger partial charge in [-0.1, -0.05) is 18.2 Å². The van der Waals surface area contributed by atoms with Crippen LogP contribution in [0.1, 0.15) is 27.1 Å². The van der Waals surface area contributed by atoms with Gasteiger partial charge in [-0.2, -0.15) is 0 Å². The number of amides is 2. The van der Waals surface area contributed by atoms with Crippen LogP contribution >= 0.6 is 0 Å². The van der Waals surface area contributed by atoms with Gasteiger partial charge in [0.25, 0.3) is 11.8 Å². The molecule has 2 aliphatic rings. The number of benzene rings is 1. The van der Waals surface area contributed by atoms with Crippen molar-refractivity contribution < 1.29 is 29.3 Å². The summed E-state index contributed by atoms with van der Waals surface area (Å²) in [5.74, 6) is -0.878. The third-order valence-corrected chi connectivity index (χ3v) is 4.25. The quantitative estimate of drug-likeness (QED) is 0.595. The highest BCUT2D eigenvalue weighted by Crippen LogP contribution is 2.32. The maximum atomic E-state index is 12.6. The predicted octanol–water partition coefficient (Wildman–Crippen LogP) is 0.322. The summed E-state index contributed by atoms with van der Waals surface area (Å²) in [5, 5.41) is 19.4. The van der Waals surface area contributed by atoms with Crippen LogP contribution in [0.15, 0.2) is 36.9 Å². The lowest BCUT2D eigenvalue weighted by molar-refractivity contribution is -0.246. The number of hydrogen-bond donors (Lipinski definition) is 2. The van der Waals surface area contributed by atoms with E-state index in [1.54, 1.807) is 24.3 Å². The largest absolute Gasteiger partial charge is 0.394 e. The summed E-state index contributed by atoms with van der Waals surface area (Å²) in [4.78, 5) is 26.3. The van der Waals surface area contributed by atoms with Crippen LogP contribution in [0.25, 0.3) is 0 Å². The highest BCUT2D eigenvalue weighted by Gasteiger charge is 2.48. The molecule has 7 nitrogen and oxygen atoms in total. The van der Waals surface area contributed by atoms with E-state index in [4.69, 9.17) is 9.47 Å². The monoisotopic (exact) mass is 333 g/mol. The van der Waals surface area contributed by atoms with Crippen LogP contribution < -0.4 is 0 Å². The van der Waals surface area contributed by atoms with Crippen molar-refractivity contribution in [3.8, 4) is 0 Å². The molecule has 0 bridgehead atoms. The molecule has 0 saturated carbocycles. The number of rotatable bonds is 5. The van der Waals surface area contributed by atoms with Gasteiger partial charge in [0, 0.05) is 6.42 Å². The molecular weight excluding hydrogens is 314 g/mol. The second-order valence-electron chi connectivity index (χ2n) is 5.74. The first-order chi connectivity index (χ1) is 11.6. The molecule has 4 atom stereocenters. The van der Waals surface area contributed by atoms with Crippen molar-refractivity contribution in [2.45, 2.75) is 31.0 Å². The van der Waals surface area contributed by atoms with Crippen LogP contribution in [0.2, 0.25) is 0 Å². The molecule has 3 rings (SSSR count). The Morgan fingerprint density at radius 3 is 2.46 bits per heavy atom. The van der Waals surface area contributed by atoms with Crippen molar-refractivity contribution in [3.05, 3.63) is 48.0 Å². The van der Waals surface area contributed by atoms with Gasteiger partial charge in [-0.25, -0.2) is 0 Å². The van der Waals surface area contributed by atoms with Crippen LogP contribution in [-0.2, 0) is 9.47 Å². The maximum absolute atomic E-state index is 12.6. The van der Waals surface area contributed by atoms with Gasteiger partial charge in [0.1, 0.15) is 6.10 Å². The fraction of sp³-hybridized carbons (Fsp3) is 0.412. The van der Waals surface area contributed by atoms with E-state index in [1.807, 2.05) is 0 Å². The molecule has 2 aliphatic heterocycles. The zero-order valence-electron chi connectivity index (χ0n) is 13.0.